The zero-order valence-electron chi connectivity index (χ0n) is 15.6. The maximum absolute atomic E-state index is 4.97. The molecule has 2 aliphatic heterocycles. The summed E-state index contributed by atoms with van der Waals surface area (Å²) >= 11 is 0. The highest BCUT2D eigenvalue weighted by Crippen LogP contribution is 2.21. The molecule has 0 bridgehead atoms. The first kappa shape index (κ1) is 17.1. The van der Waals surface area contributed by atoms with Gasteiger partial charge in [0.1, 0.15) is 0 Å². The van der Waals surface area contributed by atoms with Crippen molar-refractivity contribution in [1.29, 1.82) is 0 Å². The van der Waals surface area contributed by atoms with Gasteiger partial charge in [0.2, 0.25) is 0 Å². The van der Waals surface area contributed by atoms with E-state index in [-0.39, 0.29) is 0 Å². The minimum atomic E-state index is 0.645. The topological polar surface area (TPSA) is 30.9 Å². The third kappa shape index (κ3) is 3.61. The molecule has 0 aliphatic carbocycles. The lowest BCUT2D eigenvalue weighted by atomic mass is 10.1. The number of rotatable bonds is 4. The Bertz CT molecular complexity index is 797. The zero-order chi connectivity index (χ0) is 17.8. The Morgan fingerprint density at radius 2 is 1.92 bits per heavy atom. The van der Waals surface area contributed by atoms with E-state index in [0.29, 0.717) is 6.04 Å². The van der Waals surface area contributed by atoms with Gasteiger partial charge in [-0.25, -0.2) is 4.99 Å². The first-order chi connectivity index (χ1) is 12.8. The maximum atomic E-state index is 4.97. The van der Waals surface area contributed by atoms with Crippen LogP contribution in [0.3, 0.4) is 0 Å². The van der Waals surface area contributed by atoms with Crippen molar-refractivity contribution in [1.82, 2.24) is 15.1 Å². The Morgan fingerprint density at radius 3 is 2.77 bits per heavy atom. The van der Waals surface area contributed by atoms with E-state index < -0.39 is 0 Å². The van der Waals surface area contributed by atoms with Crippen LogP contribution in [0.2, 0.25) is 0 Å². The normalized spacial score (nSPS) is 21.0. The second-order valence-electron chi connectivity index (χ2n) is 7.12. The van der Waals surface area contributed by atoms with Crippen molar-refractivity contribution < 1.29 is 0 Å². The largest absolute Gasteiger partial charge is 0.357 e. The van der Waals surface area contributed by atoms with Crippen LogP contribution in [0.1, 0.15) is 18.9 Å². The summed E-state index contributed by atoms with van der Waals surface area (Å²) in [7, 11) is 0. The van der Waals surface area contributed by atoms with Gasteiger partial charge in [0.05, 0.1) is 6.54 Å². The van der Waals surface area contributed by atoms with Gasteiger partial charge in [-0.05, 0) is 29.7 Å². The number of nitrogens with zero attached hydrogens (tertiary/aromatic N) is 3. The molecule has 0 radical (unpaired) electrons. The molecular weight excluding hydrogens is 320 g/mol. The Kier molecular flexibility index (Phi) is 5.21. The molecule has 1 N–H and O–H groups in total. The second kappa shape index (κ2) is 7.92. The van der Waals surface area contributed by atoms with E-state index in [0.717, 1.165) is 45.2 Å². The van der Waals surface area contributed by atoms with Crippen LogP contribution in [0.5, 0.6) is 0 Å². The van der Waals surface area contributed by atoms with Crippen molar-refractivity contribution in [2.75, 3.05) is 32.7 Å². The molecule has 0 aromatic heterocycles. The lowest BCUT2D eigenvalue weighted by molar-refractivity contribution is 0.259. The first-order valence-corrected chi connectivity index (χ1v) is 9.74. The van der Waals surface area contributed by atoms with Crippen LogP contribution < -0.4 is 5.32 Å². The van der Waals surface area contributed by atoms with E-state index in [9.17, 15) is 0 Å². The number of nitrogens with one attached hydrogen (secondary N) is 1. The molecule has 4 heteroatoms. The minimum Gasteiger partial charge on any atom is -0.357 e. The lowest BCUT2D eigenvalue weighted by Gasteiger charge is -2.25. The van der Waals surface area contributed by atoms with E-state index in [1.54, 1.807) is 0 Å². The molecule has 2 heterocycles. The van der Waals surface area contributed by atoms with E-state index in [1.165, 1.54) is 22.8 Å². The van der Waals surface area contributed by atoms with Gasteiger partial charge in [-0.1, -0.05) is 54.6 Å². The van der Waals surface area contributed by atoms with Gasteiger partial charge in [0, 0.05) is 38.8 Å². The fraction of sp³-hybridized carbons (Fsp3) is 0.409. The summed E-state index contributed by atoms with van der Waals surface area (Å²) in [5, 5.41) is 6.08. The van der Waals surface area contributed by atoms with Gasteiger partial charge in [-0.2, -0.15) is 0 Å². The molecule has 2 aliphatic rings. The molecule has 2 aromatic carbocycles. The summed E-state index contributed by atoms with van der Waals surface area (Å²) < 4.78 is 0. The Labute approximate surface area is 156 Å². The third-order valence-corrected chi connectivity index (χ3v) is 5.44. The van der Waals surface area contributed by atoms with Crippen molar-refractivity contribution in [3.63, 3.8) is 0 Å². The Balaban J connectivity index is 1.49. The van der Waals surface area contributed by atoms with Gasteiger partial charge in [-0.15, -0.1) is 0 Å². The molecule has 1 fully saturated rings. The maximum Gasteiger partial charge on any atom is 0.194 e. The van der Waals surface area contributed by atoms with Crippen molar-refractivity contribution in [2.24, 2.45) is 4.99 Å². The zero-order valence-corrected chi connectivity index (χ0v) is 15.6. The minimum absolute atomic E-state index is 0.645. The predicted molar refractivity (Wildman–Crippen MR) is 109 cm³/mol. The number of aliphatic imine (C=N–C) groups is 1. The quantitative estimate of drug-likeness (QED) is 0.523. The highest BCUT2D eigenvalue weighted by atomic mass is 15.3. The number of fused-ring (bicyclic) bond motifs is 1. The van der Waals surface area contributed by atoms with Crippen LogP contribution in [-0.4, -0.2) is 54.5 Å². The third-order valence-electron chi connectivity index (χ3n) is 5.44. The highest BCUT2D eigenvalue weighted by Gasteiger charge is 2.29. The van der Waals surface area contributed by atoms with E-state index >= 15 is 0 Å². The van der Waals surface area contributed by atoms with Crippen LogP contribution in [0, 0.1) is 0 Å². The monoisotopic (exact) mass is 348 g/mol. The molecule has 1 unspecified atom stereocenters. The molecule has 26 heavy (non-hydrogen) atoms. The van der Waals surface area contributed by atoms with Gasteiger partial charge in [0.25, 0.3) is 0 Å². The van der Waals surface area contributed by atoms with Gasteiger partial charge < -0.3 is 10.2 Å². The summed E-state index contributed by atoms with van der Waals surface area (Å²) in [5.74, 6) is 1.05. The fourth-order valence-corrected chi connectivity index (χ4v) is 4.04. The molecule has 1 saturated heterocycles. The molecule has 136 valence electrons. The SMILES string of the molecule is CCNC(=NCc1cccc2ccccc12)N1CCC(N2CC=CC2)C1. The van der Waals surface area contributed by atoms with Gasteiger partial charge in [-0.3, -0.25) is 4.90 Å². The average Bonchev–Trinajstić information content (AvgIpc) is 3.36. The highest BCUT2D eigenvalue weighted by molar-refractivity contribution is 5.86. The smallest absolute Gasteiger partial charge is 0.194 e. The van der Waals surface area contributed by atoms with Crippen LogP contribution >= 0.6 is 0 Å². The predicted octanol–water partition coefficient (Wildman–Crippen LogP) is 3.25. The van der Waals surface area contributed by atoms with E-state index in [4.69, 9.17) is 4.99 Å². The van der Waals surface area contributed by atoms with Crippen molar-refractivity contribution in [2.45, 2.75) is 25.9 Å². The Morgan fingerprint density at radius 1 is 1.12 bits per heavy atom. The molecule has 0 spiro atoms. The van der Waals surface area contributed by atoms with Gasteiger partial charge >= 0.3 is 0 Å². The van der Waals surface area contributed by atoms with Crippen LogP contribution in [0.25, 0.3) is 10.8 Å². The molecule has 1 atom stereocenters. The standard InChI is InChI=1S/C22H28N4/c1-2-23-22(26-15-12-20(17-26)25-13-5-6-14-25)24-16-19-10-7-9-18-8-3-4-11-21(18)19/h3-11,20H,2,12-17H2,1H3,(H,23,24). The van der Waals surface area contributed by atoms with Gasteiger partial charge in [0.15, 0.2) is 5.96 Å². The summed E-state index contributed by atoms with van der Waals surface area (Å²) in [6.07, 6.45) is 5.78. The second-order valence-corrected chi connectivity index (χ2v) is 7.12. The number of guanidine groups is 1. The summed E-state index contributed by atoms with van der Waals surface area (Å²) in [6, 6.07) is 15.7. The average molecular weight is 348 g/mol. The van der Waals surface area contributed by atoms with E-state index in [1.807, 2.05) is 0 Å². The number of hydrogen-bond donors (Lipinski definition) is 1. The molecular formula is C22H28N4. The first-order valence-electron chi connectivity index (χ1n) is 9.74. The molecule has 0 saturated carbocycles. The fourth-order valence-electron chi connectivity index (χ4n) is 4.04. The molecule has 4 nitrogen and oxygen atoms in total. The summed E-state index contributed by atoms with van der Waals surface area (Å²) in [6.45, 7) is 8.12. The molecule has 2 aromatic rings. The van der Waals surface area contributed by atoms with Crippen LogP contribution in [-0.2, 0) is 6.54 Å². The number of likely N-dealkylation sites (tertiary alicyclic amines) is 1. The van der Waals surface area contributed by atoms with Crippen LogP contribution in [0.4, 0.5) is 0 Å². The number of benzene rings is 2. The summed E-state index contributed by atoms with van der Waals surface area (Å²) in [4.78, 5) is 9.97. The van der Waals surface area contributed by atoms with Crippen molar-refractivity contribution in [3.8, 4) is 0 Å². The van der Waals surface area contributed by atoms with E-state index in [2.05, 4.69) is 76.7 Å². The molecule has 4 rings (SSSR count). The Hall–Kier alpha value is -2.33. The van der Waals surface area contributed by atoms with Crippen molar-refractivity contribution >= 4 is 16.7 Å². The van der Waals surface area contributed by atoms with Crippen LogP contribution in [0.15, 0.2) is 59.6 Å². The molecule has 0 amide bonds. The lowest BCUT2D eigenvalue weighted by Crippen LogP contribution is -2.42. The van der Waals surface area contributed by atoms with Crippen molar-refractivity contribution in [3.05, 3.63) is 60.2 Å². The summed E-state index contributed by atoms with van der Waals surface area (Å²) in [5.41, 5.74) is 1.29. The number of hydrogen-bond acceptors (Lipinski definition) is 2.